The van der Waals surface area contributed by atoms with Gasteiger partial charge in [-0.25, -0.2) is 4.79 Å². The van der Waals surface area contributed by atoms with Gasteiger partial charge in [-0.15, -0.1) is 0 Å². The van der Waals surface area contributed by atoms with Crippen LogP contribution in [0.25, 0.3) is 0 Å². The summed E-state index contributed by atoms with van der Waals surface area (Å²) in [4.78, 5) is 14.2. The molecular weight excluding hydrogens is 130 g/mol. The van der Waals surface area contributed by atoms with Crippen LogP contribution >= 0.6 is 0 Å². The van der Waals surface area contributed by atoms with Crippen molar-refractivity contribution in [1.29, 1.82) is 0 Å². The molecule has 0 saturated carbocycles. The summed E-state index contributed by atoms with van der Waals surface area (Å²) in [6.07, 6.45) is 2.42. The van der Waals surface area contributed by atoms with Crippen LogP contribution in [0.3, 0.4) is 0 Å². The summed E-state index contributed by atoms with van der Waals surface area (Å²) in [5, 5.41) is 0. The van der Waals surface area contributed by atoms with Gasteiger partial charge in [-0.2, -0.15) is 0 Å². The molecule has 3 heteroatoms. The first-order chi connectivity index (χ1) is 4.76. The molecule has 0 aliphatic heterocycles. The second-order valence-electron chi connectivity index (χ2n) is 1.65. The monoisotopic (exact) mass is 141 g/mol. The fraction of sp³-hybridized carbons (Fsp3) is 0.429. The Morgan fingerprint density at radius 3 is 2.70 bits per heavy atom. The van der Waals surface area contributed by atoms with Gasteiger partial charge >= 0.3 is 5.97 Å². The number of carbonyl (C=O) groups is 1. The van der Waals surface area contributed by atoms with E-state index in [-0.39, 0.29) is 5.70 Å². The van der Waals surface area contributed by atoms with E-state index in [1.165, 1.54) is 7.11 Å². The molecule has 0 heterocycles. The van der Waals surface area contributed by atoms with E-state index in [1.807, 2.05) is 6.92 Å². The number of nitrogens with zero attached hydrogens (tertiary/aromatic N) is 1. The molecule has 0 N–H and O–H groups in total. The topological polar surface area (TPSA) is 38.7 Å². The van der Waals surface area contributed by atoms with Crippen LogP contribution in [-0.2, 0) is 9.53 Å². The normalized spacial score (nSPS) is 10.8. The highest BCUT2D eigenvalue weighted by Gasteiger charge is 2.03. The first kappa shape index (κ1) is 8.88. The summed E-state index contributed by atoms with van der Waals surface area (Å²) >= 11 is 0. The first-order valence-corrected chi connectivity index (χ1v) is 3.01. The minimum atomic E-state index is -0.433. The number of rotatable bonds is 3. The van der Waals surface area contributed by atoms with Crippen LogP contribution in [0.15, 0.2) is 16.8 Å². The van der Waals surface area contributed by atoms with Crippen molar-refractivity contribution in [3.63, 3.8) is 0 Å². The van der Waals surface area contributed by atoms with E-state index in [0.717, 1.165) is 6.42 Å². The summed E-state index contributed by atoms with van der Waals surface area (Å²) in [6, 6.07) is 0. The molecule has 0 radical (unpaired) electrons. The predicted molar refractivity (Wildman–Crippen MR) is 39.9 cm³/mol. The van der Waals surface area contributed by atoms with Crippen molar-refractivity contribution in [2.75, 3.05) is 7.11 Å². The van der Waals surface area contributed by atoms with Gasteiger partial charge in [-0.1, -0.05) is 13.0 Å². The summed E-state index contributed by atoms with van der Waals surface area (Å²) in [7, 11) is 1.32. The van der Waals surface area contributed by atoms with Crippen LogP contribution < -0.4 is 0 Å². The minimum absolute atomic E-state index is 0.282. The Morgan fingerprint density at radius 2 is 2.40 bits per heavy atom. The molecule has 0 aliphatic rings. The molecule has 0 bridgehead atoms. The Labute approximate surface area is 60.4 Å². The molecule has 10 heavy (non-hydrogen) atoms. The largest absolute Gasteiger partial charge is 0.464 e. The number of aliphatic imine (C=N–C) groups is 1. The number of esters is 1. The van der Waals surface area contributed by atoms with Crippen molar-refractivity contribution in [3.05, 3.63) is 11.8 Å². The fourth-order valence-corrected chi connectivity index (χ4v) is 0.510. The van der Waals surface area contributed by atoms with Crippen LogP contribution in [0.1, 0.15) is 13.3 Å². The molecule has 0 aromatic heterocycles. The molecule has 0 aliphatic carbocycles. The molecule has 3 nitrogen and oxygen atoms in total. The maximum Gasteiger partial charge on any atom is 0.356 e. The van der Waals surface area contributed by atoms with Crippen molar-refractivity contribution in [3.8, 4) is 0 Å². The standard InChI is InChI=1S/C7H11NO2/c1-4-5-6(8-2)7(9)10-3/h5H,2,4H2,1,3H3/b6-5-. The molecule has 0 fully saturated rings. The Kier molecular flexibility index (Phi) is 4.20. The maximum absolute atomic E-state index is 10.7. The van der Waals surface area contributed by atoms with Gasteiger partial charge in [0.2, 0.25) is 0 Å². The smallest absolute Gasteiger partial charge is 0.356 e. The lowest BCUT2D eigenvalue weighted by Crippen LogP contribution is -2.01. The lowest BCUT2D eigenvalue weighted by Gasteiger charge is -1.95. The zero-order valence-electron chi connectivity index (χ0n) is 6.26. The van der Waals surface area contributed by atoms with E-state index in [1.54, 1.807) is 6.08 Å². The molecule has 0 aromatic carbocycles. The first-order valence-electron chi connectivity index (χ1n) is 3.01. The molecule has 0 rings (SSSR count). The Morgan fingerprint density at radius 1 is 1.80 bits per heavy atom. The van der Waals surface area contributed by atoms with Crippen molar-refractivity contribution >= 4 is 12.7 Å². The number of hydrogen-bond acceptors (Lipinski definition) is 3. The molecule has 56 valence electrons. The molecule has 0 amide bonds. The van der Waals surface area contributed by atoms with Crippen LogP contribution in [0.5, 0.6) is 0 Å². The van der Waals surface area contributed by atoms with Gasteiger partial charge in [-0.3, -0.25) is 4.99 Å². The Hall–Kier alpha value is -1.12. The van der Waals surface area contributed by atoms with Gasteiger partial charge in [0.05, 0.1) is 7.11 Å². The molecule has 0 spiro atoms. The van der Waals surface area contributed by atoms with Gasteiger partial charge in [0.15, 0.2) is 0 Å². The number of allylic oxidation sites excluding steroid dienone is 1. The zero-order valence-corrected chi connectivity index (χ0v) is 6.26. The summed E-state index contributed by atoms with van der Waals surface area (Å²) in [5.41, 5.74) is 0.282. The van der Waals surface area contributed by atoms with E-state index in [0.29, 0.717) is 0 Å². The van der Waals surface area contributed by atoms with Gasteiger partial charge < -0.3 is 4.74 Å². The Balaban J connectivity index is 4.20. The lowest BCUT2D eigenvalue weighted by molar-refractivity contribution is -0.136. The zero-order chi connectivity index (χ0) is 7.98. The van der Waals surface area contributed by atoms with Gasteiger partial charge in [0.1, 0.15) is 5.70 Å². The van der Waals surface area contributed by atoms with E-state index < -0.39 is 5.97 Å². The Bertz CT molecular complexity index is 161. The van der Waals surface area contributed by atoms with Crippen molar-refractivity contribution < 1.29 is 9.53 Å². The van der Waals surface area contributed by atoms with Crippen molar-refractivity contribution in [2.24, 2.45) is 4.99 Å². The van der Waals surface area contributed by atoms with Crippen LogP contribution in [0.2, 0.25) is 0 Å². The fourth-order valence-electron chi connectivity index (χ4n) is 0.510. The van der Waals surface area contributed by atoms with Crippen molar-refractivity contribution in [2.45, 2.75) is 13.3 Å². The highest BCUT2D eigenvalue weighted by Crippen LogP contribution is 1.99. The molecule has 0 aromatic rings. The summed E-state index contributed by atoms with van der Waals surface area (Å²) in [6.45, 7) is 5.14. The number of hydrogen-bond donors (Lipinski definition) is 0. The van der Waals surface area contributed by atoms with Crippen molar-refractivity contribution in [1.82, 2.24) is 0 Å². The third-order valence-corrected chi connectivity index (χ3v) is 0.962. The van der Waals surface area contributed by atoms with E-state index in [2.05, 4.69) is 16.4 Å². The minimum Gasteiger partial charge on any atom is -0.464 e. The van der Waals surface area contributed by atoms with Crippen LogP contribution in [0, 0.1) is 0 Å². The van der Waals surface area contributed by atoms with E-state index in [9.17, 15) is 4.79 Å². The van der Waals surface area contributed by atoms with Crippen LogP contribution in [-0.4, -0.2) is 19.8 Å². The van der Waals surface area contributed by atoms with Crippen LogP contribution in [0.4, 0.5) is 0 Å². The second-order valence-corrected chi connectivity index (χ2v) is 1.65. The third kappa shape index (κ3) is 2.44. The average molecular weight is 141 g/mol. The third-order valence-electron chi connectivity index (χ3n) is 0.962. The number of carbonyl (C=O) groups excluding carboxylic acids is 1. The maximum atomic E-state index is 10.7. The lowest BCUT2D eigenvalue weighted by atomic mass is 10.3. The second kappa shape index (κ2) is 4.73. The SMILES string of the molecule is C=N/C(=C\CC)C(=O)OC. The molecule has 0 atom stereocenters. The van der Waals surface area contributed by atoms with Gasteiger partial charge in [0.25, 0.3) is 0 Å². The summed E-state index contributed by atoms with van der Waals surface area (Å²) < 4.78 is 4.41. The summed E-state index contributed by atoms with van der Waals surface area (Å²) in [5.74, 6) is -0.433. The highest BCUT2D eigenvalue weighted by molar-refractivity contribution is 5.88. The van der Waals surface area contributed by atoms with E-state index >= 15 is 0 Å². The molecular formula is C7H11NO2. The van der Waals surface area contributed by atoms with Gasteiger partial charge in [0, 0.05) is 0 Å². The van der Waals surface area contributed by atoms with Gasteiger partial charge in [-0.05, 0) is 13.1 Å². The number of ether oxygens (including phenoxy) is 1. The molecule has 0 unspecified atom stereocenters. The average Bonchev–Trinajstić information content (AvgIpc) is 1.99. The number of methoxy groups -OCH3 is 1. The van der Waals surface area contributed by atoms with E-state index in [4.69, 9.17) is 0 Å². The highest BCUT2D eigenvalue weighted by atomic mass is 16.5. The molecule has 0 saturated heterocycles. The quantitative estimate of drug-likeness (QED) is 0.336. The predicted octanol–water partition coefficient (Wildman–Crippen LogP) is 1.15.